The second kappa shape index (κ2) is 7.00. The minimum atomic E-state index is -1.46. The van der Waals surface area contributed by atoms with Gasteiger partial charge in [0.15, 0.2) is 0 Å². The number of nitrogens with one attached hydrogen (secondary N) is 1. The van der Waals surface area contributed by atoms with Crippen LogP contribution in [0.25, 0.3) is 0 Å². The Morgan fingerprint density at radius 3 is 2.73 bits per heavy atom. The maximum Gasteiger partial charge on any atom is 0.255 e. The maximum atomic E-state index is 11.9. The molecule has 0 aliphatic heterocycles. The van der Waals surface area contributed by atoms with Gasteiger partial charge in [0.25, 0.3) is 5.91 Å². The van der Waals surface area contributed by atoms with E-state index in [9.17, 15) is 9.90 Å². The predicted octanol–water partition coefficient (Wildman–Crippen LogP) is 3.90. The van der Waals surface area contributed by atoms with Gasteiger partial charge < -0.3 is 10.4 Å². The molecule has 116 valence electrons. The van der Waals surface area contributed by atoms with E-state index in [1.807, 2.05) is 0 Å². The molecule has 2 rings (SSSR count). The Morgan fingerprint density at radius 2 is 2.09 bits per heavy atom. The third-order valence-electron chi connectivity index (χ3n) is 3.46. The Labute approximate surface area is 136 Å². The van der Waals surface area contributed by atoms with Crippen LogP contribution in [0.1, 0.15) is 45.1 Å². The van der Waals surface area contributed by atoms with Crippen LogP contribution < -0.4 is 5.32 Å². The van der Waals surface area contributed by atoms with E-state index in [1.54, 1.807) is 18.2 Å². The Bertz CT molecular complexity index is 660. The van der Waals surface area contributed by atoms with Crippen molar-refractivity contribution in [1.82, 2.24) is 0 Å². The monoisotopic (exact) mass is 317 g/mol. The van der Waals surface area contributed by atoms with Crippen LogP contribution in [0.5, 0.6) is 0 Å². The average molecular weight is 318 g/mol. The molecule has 2 N–H and O–H groups in total. The maximum absolute atomic E-state index is 11.9. The van der Waals surface area contributed by atoms with Gasteiger partial charge in [0.05, 0.1) is 16.3 Å². The highest BCUT2D eigenvalue weighted by molar-refractivity contribution is 6.32. The van der Waals surface area contributed by atoms with Crippen molar-refractivity contribution in [2.75, 3.05) is 5.32 Å². The molecule has 22 heavy (non-hydrogen) atoms. The van der Waals surface area contributed by atoms with Crippen molar-refractivity contribution < 1.29 is 9.90 Å². The number of benzene rings is 1. The Hall–Kier alpha value is -1.76. The molecule has 1 amide bonds. The normalized spacial score (nSPS) is 14.6. The second-order valence-electron chi connectivity index (χ2n) is 5.90. The molecule has 3 nitrogen and oxygen atoms in total. The van der Waals surface area contributed by atoms with Gasteiger partial charge in [-0.15, -0.1) is 0 Å². The van der Waals surface area contributed by atoms with Crippen LogP contribution in [0.4, 0.5) is 5.69 Å². The van der Waals surface area contributed by atoms with E-state index in [4.69, 9.17) is 11.6 Å². The number of anilines is 1. The summed E-state index contributed by atoms with van der Waals surface area (Å²) in [4.78, 5) is 11.9. The van der Waals surface area contributed by atoms with E-state index in [0.717, 1.165) is 24.8 Å². The molecular formula is C18H20ClNO2. The average Bonchev–Trinajstić information content (AvgIpc) is 2.46. The quantitative estimate of drug-likeness (QED) is 0.813. The summed E-state index contributed by atoms with van der Waals surface area (Å²) in [7, 11) is 0. The second-order valence-corrected chi connectivity index (χ2v) is 6.31. The highest BCUT2D eigenvalue weighted by Gasteiger charge is 2.24. The number of amides is 1. The number of aliphatic hydroxyl groups is 1. The molecule has 1 aromatic carbocycles. The lowest BCUT2D eigenvalue weighted by Crippen LogP contribution is -2.36. The van der Waals surface area contributed by atoms with Gasteiger partial charge in [0.2, 0.25) is 0 Å². The summed E-state index contributed by atoms with van der Waals surface area (Å²) in [5.74, 6) is 5.71. The fourth-order valence-corrected chi connectivity index (χ4v) is 2.35. The first-order valence-electron chi connectivity index (χ1n) is 7.41. The summed E-state index contributed by atoms with van der Waals surface area (Å²) >= 11 is 6.21. The Kier molecular flexibility index (Phi) is 5.28. The minimum Gasteiger partial charge on any atom is -0.381 e. The van der Waals surface area contributed by atoms with Gasteiger partial charge in [0.1, 0.15) is 5.60 Å². The van der Waals surface area contributed by atoms with Crippen LogP contribution in [0.3, 0.4) is 0 Å². The lowest BCUT2D eigenvalue weighted by Gasteiger charge is -2.17. The third kappa shape index (κ3) is 4.37. The number of hydrogen-bond donors (Lipinski definition) is 2. The zero-order valence-electron chi connectivity index (χ0n) is 12.9. The van der Waals surface area contributed by atoms with Gasteiger partial charge in [0, 0.05) is 0 Å². The smallest absolute Gasteiger partial charge is 0.255 e. The van der Waals surface area contributed by atoms with E-state index in [2.05, 4.69) is 23.2 Å². The van der Waals surface area contributed by atoms with Crippen molar-refractivity contribution in [1.29, 1.82) is 0 Å². The highest BCUT2D eigenvalue weighted by atomic mass is 35.5. The summed E-state index contributed by atoms with van der Waals surface area (Å²) in [5.41, 5.74) is 0.751. The van der Waals surface area contributed by atoms with Crippen molar-refractivity contribution in [3.05, 3.63) is 40.4 Å². The Morgan fingerprint density at radius 1 is 1.32 bits per heavy atom. The fourth-order valence-electron chi connectivity index (χ4n) is 2.13. The van der Waals surface area contributed by atoms with E-state index in [0.29, 0.717) is 16.3 Å². The first-order valence-corrected chi connectivity index (χ1v) is 7.79. The van der Waals surface area contributed by atoms with Crippen LogP contribution >= 0.6 is 11.6 Å². The van der Waals surface area contributed by atoms with Crippen LogP contribution in [0.15, 0.2) is 29.8 Å². The summed E-state index contributed by atoms with van der Waals surface area (Å²) in [6.07, 6.45) is 6.58. The number of halogens is 1. The summed E-state index contributed by atoms with van der Waals surface area (Å²) < 4.78 is 0. The molecule has 1 aromatic rings. The molecule has 0 saturated carbocycles. The standard InChI is InChI=1S/C18H20ClNO2/c1-18(2,22)17(21)20-16-10-6-9-15(19)14(16)12-11-13-7-4-3-5-8-13/h6-7,9-10,22H,3-5,8H2,1-2H3,(H,20,21). The summed E-state index contributed by atoms with van der Waals surface area (Å²) in [6.45, 7) is 2.87. The molecule has 4 heteroatoms. The first-order chi connectivity index (χ1) is 10.4. The molecule has 0 bridgehead atoms. The van der Waals surface area contributed by atoms with Crippen LogP contribution in [-0.4, -0.2) is 16.6 Å². The van der Waals surface area contributed by atoms with Gasteiger partial charge >= 0.3 is 0 Å². The Balaban J connectivity index is 2.29. The van der Waals surface area contributed by atoms with Crippen molar-refractivity contribution in [2.45, 2.75) is 45.1 Å². The SMILES string of the molecule is CC(C)(O)C(=O)Nc1cccc(Cl)c1C#CC1=CCCCC1. The van der Waals surface area contributed by atoms with Gasteiger partial charge in [-0.2, -0.15) is 0 Å². The highest BCUT2D eigenvalue weighted by Crippen LogP contribution is 2.25. The zero-order chi connectivity index (χ0) is 16.2. The van der Waals surface area contributed by atoms with Crippen molar-refractivity contribution >= 4 is 23.2 Å². The van der Waals surface area contributed by atoms with Crippen LogP contribution in [0.2, 0.25) is 5.02 Å². The molecule has 0 saturated heterocycles. The van der Waals surface area contributed by atoms with Gasteiger partial charge in [-0.25, -0.2) is 0 Å². The van der Waals surface area contributed by atoms with Crippen molar-refractivity contribution in [3.63, 3.8) is 0 Å². The fraction of sp³-hybridized carbons (Fsp3) is 0.389. The number of allylic oxidation sites excluding steroid dienone is 2. The predicted molar refractivity (Wildman–Crippen MR) is 89.8 cm³/mol. The molecule has 1 aliphatic carbocycles. The van der Waals surface area contributed by atoms with Crippen LogP contribution in [-0.2, 0) is 4.79 Å². The van der Waals surface area contributed by atoms with Crippen LogP contribution in [0, 0.1) is 11.8 Å². The van der Waals surface area contributed by atoms with Crippen molar-refractivity contribution in [2.24, 2.45) is 0 Å². The number of carbonyl (C=O) groups is 1. The largest absolute Gasteiger partial charge is 0.381 e. The molecule has 0 fully saturated rings. The molecule has 1 aliphatic rings. The van der Waals surface area contributed by atoms with Gasteiger partial charge in [-0.1, -0.05) is 35.6 Å². The van der Waals surface area contributed by atoms with E-state index < -0.39 is 11.5 Å². The molecule has 0 radical (unpaired) electrons. The van der Waals surface area contributed by atoms with E-state index in [-0.39, 0.29) is 0 Å². The zero-order valence-corrected chi connectivity index (χ0v) is 13.6. The lowest BCUT2D eigenvalue weighted by atomic mass is 9.99. The van der Waals surface area contributed by atoms with E-state index in [1.165, 1.54) is 20.3 Å². The first kappa shape index (κ1) is 16.6. The molecule has 0 heterocycles. The molecular weight excluding hydrogens is 298 g/mol. The molecule has 0 atom stereocenters. The summed E-state index contributed by atoms with van der Waals surface area (Å²) in [5, 5.41) is 12.9. The topological polar surface area (TPSA) is 49.3 Å². The van der Waals surface area contributed by atoms with Gasteiger partial charge in [-0.05, 0) is 57.2 Å². The lowest BCUT2D eigenvalue weighted by molar-refractivity contribution is -0.130. The number of carbonyl (C=O) groups excluding carboxylic acids is 1. The molecule has 0 unspecified atom stereocenters. The van der Waals surface area contributed by atoms with Gasteiger partial charge in [-0.3, -0.25) is 4.79 Å². The summed E-state index contributed by atoms with van der Waals surface area (Å²) in [6, 6.07) is 5.21. The molecule has 0 aromatic heterocycles. The van der Waals surface area contributed by atoms with E-state index >= 15 is 0 Å². The van der Waals surface area contributed by atoms with Crippen molar-refractivity contribution in [3.8, 4) is 11.8 Å². The molecule has 0 spiro atoms. The minimum absolute atomic E-state index is 0.484. The number of hydrogen-bond acceptors (Lipinski definition) is 2. The number of rotatable bonds is 2. The third-order valence-corrected chi connectivity index (χ3v) is 3.77.